The summed E-state index contributed by atoms with van der Waals surface area (Å²) in [5.41, 5.74) is 0.964. The van der Waals surface area contributed by atoms with Crippen molar-refractivity contribution in [3.05, 3.63) is 35.6 Å². The Hall–Kier alpha value is -0.970. The predicted molar refractivity (Wildman–Crippen MR) is 67.8 cm³/mol. The van der Waals surface area contributed by atoms with Gasteiger partial charge in [-0.25, -0.2) is 4.39 Å². The van der Waals surface area contributed by atoms with E-state index < -0.39 is 0 Å². The van der Waals surface area contributed by atoms with Crippen LogP contribution < -0.4 is 5.32 Å². The Kier molecular flexibility index (Phi) is 4.69. The molecule has 0 bridgehead atoms. The molecular weight excluding hydrogens is 233 g/mol. The lowest BCUT2D eigenvalue weighted by Gasteiger charge is -2.39. The number of nitrogens with one attached hydrogen (secondary N) is 1. The van der Waals surface area contributed by atoms with Gasteiger partial charge in [0.2, 0.25) is 0 Å². The normalized spacial score (nSPS) is 18.8. The summed E-state index contributed by atoms with van der Waals surface area (Å²) in [4.78, 5) is 0. The molecule has 0 saturated carbocycles. The lowest BCUT2D eigenvalue weighted by atomic mass is 9.82. The summed E-state index contributed by atoms with van der Waals surface area (Å²) in [5.74, 6) is -0.212. The molecule has 0 unspecified atom stereocenters. The molecule has 1 aliphatic heterocycles. The van der Waals surface area contributed by atoms with E-state index in [-0.39, 0.29) is 18.0 Å². The van der Waals surface area contributed by atoms with E-state index in [1.54, 1.807) is 0 Å². The third-order valence-corrected chi connectivity index (χ3v) is 3.54. The van der Waals surface area contributed by atoms with Crippen molar-refractivity contribution in [2.24, 2.45) is 0 Å². The fraction of sp³-hybridized carbons (Fsp3) is 0.571. The van der Waals surface area contributed by atoms with Gasteiger partial charge in [-0.2, -0.15) is 0 Å². The molecule has 1 heterocycles. The number of aliphatic hydroxyl groups is 1. The molecule has 2 N–H and O–H groups in total. The standard InChI is InChI=1S/C14H20FNO2/c15-13-4-2-12(3-5-13)14(16-8-1-9-17)6-10-18-11-7-14/h2-5,16-17H,1,6-11H2. The van der Waals surface area contributed by atoms with Crippen molar-refractivity contribution in [3.8, 4) is 0 Å². The molecule has 0 amide bonds. The van der Waals surface area contributed by atoms with Crippen molar-refractivity contribution >= 4 is 0 Å². The van der Waals surface area contributed by atoms with Crippen molar-refractivity contribution in [2.45, 2.75) is 24.8 Å². The fourth-order valence-corrected chi connectivity index (χ4v) is 2.46. The van der Waals surface area contributed by atoms with Gasteiger partial charge in [0.15, 0.2) is 0 Å². The van der Waals surface area contributed by atoms with Crippen LogP contribution in [0.5, 0.6) is 0 Å². The van der Waals surface area contributed by atoms with Crippen LogP contribution in [0.2, 0.25) is 0 Å². The highest BCUT2D eigenvalue weighted by molar-refractivity contribution is 5.25. The third-order valence-electron chi connectivity index (χ3n) is 3.54. The van der Waals surface area contributed by atoms with E-state index in [1.807, 2.05) is 12.1 Å². The number of aliphatic hydroxyl groups excluding tert-OH is 1. The first-order valence-electron chi connectivity index (χ1n) is 6.46. The second kappa shape index (κ2) is 6.27. The molecule has 1 aromatic rings. The molecule has 100 valence electrons. The van der Waals surface area contributed by atoms with Crippen LogP contribution in [0.3, 0.4) is 0 Å². The van der Waals surface area contributed by atoms with Crippen molar-refractivity contribution in [3.63, 3.8) is 0 Å². The van der Waals surface area contributed by atoms with Crippen LogP contribution >= 0.6 is 0 Å². The Morgan fingerprint density at radius 2 is 1.89 bits per heavy atom. The zero-order chi connectivity index (χ0) is 12.8. The topological polar surface area (TPSA) is 41.5 Å². The van der Waals surface area contributed by atoms with Crippen LogP contribution in [0, 0.1) is 5.82 Å². The number of hydrogen-bond donors (Lipinski definition) is 2. The molecule has 1 aromatic carbocycles. The van der Waals surface area contributed by atoms with E-state index in [0.717, 1.165) is 31.4 Å². The molecule has 1 aliphatic rings. The molecule has 0 radical (unpaired) electrons. The van der Waals surface area contributed by atoms with E-state index >= 15 is 0 Å². The Balaban J connectivity index is 2.15. The molecule has 0 spiro atoms. The minimum atomic E-state index is -0.212. The van der Waals surface area contributed by atoms with Gasteiger partial charge in [-0.15, -0.1) is 0 Å². The lowest BCUT2D eigenvalue weighted by molar-refractivity contribution is 0.0361. The van der Waals surface area contributed by atoms with Gasteiger partial charge in [-0.3, -0.25) is 0 Å². The van der Waals surface area contributed by atoms with Crippen molar-refractivity contribution in [1.29, 1.82) is 0 Å². The van der Waals surface area contributed by atoms with Gasteiger partial charge in [0, 0.05) is 25.4 Å². The van der Waals surface area contributed by atoms with Gasteiger partial charge in [-0.05, 0) is 43.5 Å². The predicted octanol–water partition coefficient (Wildman–Crippen LogP) is 1.80. The van der Waals surface area contributed by atoms with Crippen LogP contribution in [0.25, 0.3) is 0 Å². The van der Waals surface area contributed by atoms with Crippen molar-refractivity contribution in [1.82, 2.24) is 5.32 Å². The van der Waals surface area contributed by atoms with E-state index in [1.165, 1.54) is 12.1 Å². The Labute approximate surface area is 107 Å². The van der Waals surface area contributed by atoms with E-state index in [4.69, 9.17) is 9.84 Å². The van der Waals surface area contributed by atoms with Gasteiger partial charge in [0.1, 0.15) is 5.82 Å². The number of ether oxygens (including phenoxy) is 1. The number of hydrogen-bond acceptors (Lipinski definition) is 3. The van der Waals surface area contributed by atoms with Crippen LogP contribution in [0.4, 0.5) is 4.39 Å². The zero-order valence-corrected chi connectivity index (χ0v) is 10.5. The average molecular weight is 253 g/mol. The Bertz CT molecular complexity index is 361. The second-order valence-corrected chi connectivity index (χ2v) is 4.71. The Morgan fingerprint density at radius 1 is 1.22 bits per heavy atom. The zero-order valence-electron chi connectivity index (χ0n) is 10.5. The highest BCUT2D eigenvalue weighted by Crippen LogP contribution is 2.32. The Morgan fingerprint density at radius 3 is 2.50 bits per heavy atom. The first kappa shape index (κ1) is 13.5. The molecule has 18 heavy (non-hydrogen) atoms. The first-order valence-corrected chi connectivity index (χ1v) is 6.46. The minimum absolute atomic E-state index is 0.138. The molecule has 1 saturated heterocycles. The van der Waals surface area contributed by atoms with Gasteiger partial charge >= 0.3 is 0 Å². The van der Waals surface area contributed by atoms with E-state index in [2.05, 4.69) is 5.32 Å². The van der Waals surface area contributed by atoms with Crippen LogP contribution in [-0.2, 0) is 10.3 Å². The van der Waals surface area contributed by atoms with Crippen LogP contribution in [0.1, 0.15) is 24.8 Å². The van der Waals surface area contributed by atoms with Crippen LogP contribution in [-0.4, -0.2) is 31.5 Å². The average Bonchev–Trinajstić information content (AvgIpc) is 2.41. The number of halogens is 1. The molecule has 2 rings (SSSR count). The largest absolute Gasteiger partial charge is 0.396 e. The summed E-state index contributed by atoms with van der Waals surface area (Å²) in [5, 5.41) is 12.4. The minimum Gasteiger partial charge on any atom is -0.396 e. The van der Waals surface area contributed by atoms with Gasteiger partial charge < -0.3 is 15.2 Å². The number of benzene rings is 1. The highest BCUT2D eigenvalue weighted by Gasteiger charge is 2.33. The third kappa shape index (κ3) is 3.07. The summed E-state index contributed by atoms with van der Waals surface area (Å²) < 4.78 is 18.4. The van der Waals surface area contributed by atoms with Gasteiger partial charge in [0.25, 0.3) is 0 Å². The molecule has 1 fully saturated rings. The summed E-state index contributed by atoms with van der Waals surface area (Å²) in [6, 6.07) is 6.68. The van der Waals surface area contributed by atoms with Crippen molar-refractivity contribution < 1.29 is 14.2 Å². The quantitative estimate of drug-likeness (QED) is 0.786. The highest BCUT2D eigenvalue weighted by atomic mass is 19.1. The van der Waals surface area contributed by atoms with Crippen LogP contribution in [0.15, 0.2) is 24.3 Å². The smallest absolute Gasteiger partial charge is 0.123 e. The number of rotatable bonds is 5. The lowest BCUT2D eigenvalue weighted by Crippen LogP contribution is -2.47. The summed E-state index contributed by atoms with van der Waals surface area (Å²) in [6.07, 6.45) is 2.48. The van der Waals surface area contributed by atoms with Gasteiger partial charge in [0.05, 0.1) is 0 Å². The van der Waals surface area contributed by atoms with E-state index in [0.29, 0.717) is 13.2 Å². The maximum Gasteiger partial charge on any atom is 0.123 e. The van der Waals surface area contributed by atoms with Crippen molar-refractivity contribution in [2.75, 3.05) is 26.4 Å². The summed E-state index contributed by atoms with van der Waals surface area (Å²) >= 11 is 0. The SMILES string of the molecule is OCCCNC1(c2ccc(F)cc2)CCOCC1. The molecule has 3 nitrogen and oxygen atoms in total. The summed E-state index contributed by atoms with van der Waals surface area (Å²) in [6.45, 7) is 2.36. The molecule has 0 aliphatic carbocycles. The monoisotopic (exact) mass is 253 g/mol. The van der Waals surface area contributed by atoms with Gasteiger partial charge in [-0.1, -0.05) is 12.1 Å². The summed E-state index contributed by atoms with van der Waals surface area (Å²) in [7, 11) is 0. The fourth-order valence-electron chi connectivity index (χ4n) is 2.46. The molecular formula is C14H20FNO2. The molecule has 0 aromatic heterocycles. The first-order chi connectivity index (χ1) is 8.77. The second-order valence-electron chi connectivity index (χ2n) is 4.71. The van der Waals surface area contributed by atoms with E-state index in [9.17, 15) is 4.39 Å². The maximum absolute atomic E-state index is 13.0. The molecule has 4 heteroatoms. The molecule has 0 atom stereocenters. The maximum atomic E-state index is 13.0.